The minimum absolute atomic E-state index is 0.00917. The average molecular weight is 734 g/mol. The molecule has 9 rings (SSSR count). The van der Waals surface area contributed by atoms with Crippen LogP contribution in [0.15, 0.2) is 36.5 Å². The average Bonchev–Trinajstić information content (AvgIpc) is 3.93. The molecule has 4 aliphatic rings. The molecule has 2 N–H and O–H groups in total. The Kier molecular flexibility index (Phi) is 7.57. The number of piperazine rings is 1. The molecule has 5 aromatic rings. The molecule has 7 heterocycles. The second kappa shape index (κ2) is 12.0. The van der Waals surface area contributed by atoms with Crippen LogP contribution < -0.4 is 15.4 Å². The van der Waals surface area contributed by atoms with Crippen LogP contribution >= 0.6 is 22.9 Å². The number of nitrogen functional groups attached to an aromatic ring is 1. The first kappa shape index (κ1) is 32.3. The van der Waals surface area contributed by atoms with Gasteiger partial charge in [-0.15, -0.1) is 0 Å². The van der Waals surface area contributed by atoms with Crippen LogP contribution in [-0.2, 0) is 0 Å². The zero-order chi connectivity index (χ0) is 35.2. The third kappa shape index (κ3) is 5.09. The van der Waals surface area contributed by atoms with Gasteiger partial charge in [0.15, 0.2) is 10.9 Å². The van der Waals surface area contributed by atoms with Gasteiger partial charge >= 0.3 is 12.0 Å². The monoisotopic (exact) mass is 733 g/mol. The summed E-state index contributed by atoms with van der Waals surface area (Å²) in [5.41, 5.74) is 6.09. The van der Waals surface area contributed by atoms with Gasteiger partial charge in [-0.05, 0) is 62.6 Å². The van der Waals surface area contributed by atoms with Gasteiger partial charge in [0.2, 0.25) is 0 Å². The van der Waals surface area contributed by atoms with Crippen molar-refractivity contribution in [3.63, 3.8) is 0 Å². The third-order valence-corrected chi connectivity index (χ3v) is 12.1. The molecule has 262 valence electrons. The van der Waals surface area contributed by atoms with Gasteiger partial charge in [0, 0.05) is 60.8 Å². The largest absolute Gasteiger partial charge is 0.461 e. The fraction of sp³-hybridized carbons (Fsp3) is 0.400. The summed E-state index contributed by atoms with van der Waals surface area (Å²) in [5.74, 6) is -0.871. The van der Waals surface area contributed by atoms with Crippen LogP contribution in [0.1, 0.15) is 37.8 Å². The number of thiazole rings is 1. The lowest BCUT2D eigenvalue weighted by atomic mass is 9.95. The van der Waals surface area contributed by atoms with Gasteiger partial charge in [-0.2, -0.15) is 15.2 Å². The molecule has 3 aromatic heterocycles. The van der Waals surface area contributed by atoms with Crippen LogP contribution in [0.4, 0.5) is 28.9 Å². The van der Waals surface area contributed by atoms with E-state index in [1.165, 1.54) is 16.7 Å². The van der Waals surface area contributed by atoms with Crippen LogP contribution in [0.25, 0.3) is 32.2 Å². The standard InChI is InChI=1S/C35H31ClF3N9O2S/c36-24-11-23-28(27(39)26(24)22-6-7-25(38)30-29(22)42-32(41)51-30)43-33(50-17-35-8-2-9-46(35)14-18(37)12-35)44-31(23)48-20-4-5-21(48)16-45(15-20)34(49)47-10-1-3-19(47)13-40/h1,3,6-7,10-11,18,20-21H,2,4-5,8-9,12,14-17H2,(H2,41,42)/t18-,20?,21?,35+/m1/s1. The number of fused-ring (bicyclic) bond motifs is 5. The van der Waals surface area contributed by atoms with E-state index in [0.29, 0.717) is 37.3 Å². The van der Waals surface area contributed by atoms with E-state index in [0.717, 1.165) is 43.6 Å². The summed E-state index contributed by atoms with van der Waals surface area (Å²) in [4.78, 5) is 33.2. The summed E-state index contributed by atoms with van der Waals surface area (Å²) >= 11 is 7.84. The van der Waals surface area contributed by atoms with Gasteiger partial charge in [-0.25, -0.2) is 22.9 Å². The summed E-state index contributed by atoms with van der Waals surface area (Å²) in [7, 11) is 0. The number of ether oxygens (including phenoxy) is 1. The van der Waals surface area contributed by atoms with Gasteiger partial charge in [-0.1, -0.05) is 22.9 Å². The van der Waals surface area contributed by atoms with Crippen molar-refractivity contribution in [1.82, 2.24) is 29.3 Å². The minimum atomic E-state index is -0.957. The lowest BCUT2D eigenvalue weighted by molar-refractivity contribution is 0.107. The molecule has 2 unspecified atom stereocenters. The lowest BCUT2D eigenvalue weighted by Gasteiger charge is -2.42. The number of nitrogens with two attached hydrogens (primary N) is 1. The van der Waals surface area contributed by atoms with Crippen molar-refractivity contribution in [1.29, 1.82) is 5.26 Å². The lowest BCUT2D eigenvalue weighted by Crippen LogP contribution is -2.56. The number of carbonyl (C=O) groups is 1. The zero-order valence-corrected chi connectivity index (χ0v) is 28.7. The van der Waals surface area contributed by atoms with E-state index in [2.05, 4.69) is 25.8 Å². The number of halogens is 4. The Morgan fingerprint density at radius 3 is 2.73 bits per heavy atom. The van der Waals surface area contributed by atoms with Crippen molar-refractivity contribution >= 4 is 61.0 Å². The van der Waals surface area contributed by atoms with E-state index in [9.17, 15) is 18.8 Å². The molecule has 0 spiro atoms. The Balaban J connectivity index is 1.15. The van der Waals surface area contributed by atoms with E-state index in [1.54, 1.807) is 29.3 Å². The smallest absolute Gasteiger partial charge is 0.329 e. The molecule has 0 radical (unpaired) electrons. The Labute approximate surface area is 299 Å². The maximum Gasteiger partial charge on any atom is 0.329 e. The molecule has 0 aliphatic carbocycles. The van der Waals surface area contributed by atoms with Crippen LogP contribution in [-0.4, -0.2) is 91.9 Å². The molecule has 2 bridgehead atoms. The third-order valence-electron chi connectivity index (χ3n) is 10.9. The summed E-state index contributed by atoms with van der Waals surface area (Å²) < 4.78 is 54.2. The van der Waals surface area contributed by atoms with Crippen molar-refractivity contribution < 1.29 is 22.7 Å². The molecule has 2 aromatic carbocycles. The maximum absolute atomic E-state index is 17.1. The number of likely N-dealkylation sites (tertiary alicyclic amines) is 1. The summed E-state index contributed by atoms with van der Waals surface area (Å²) in [6.45, 7) is 1.97. The summed E-state index contributed by atoms with van der Waals surface area (Å²) in [6, 6.07) is 8.86. The van der Waals surface area contributed by atoms with Gasteiger partial charge in [0.1, 0.15) is 41.7 Å². The van der Waals surface area contributed by atoms with Crippen molar-refractivity contribution in [2.75, 3.05) is 43.4 Å². The highest BCUT2D eigenvalue weighted by molar-refractivity contribution is 7.22. The molecule has 11 nitrogen and oxygen atoms in total. The van der Waals surface area contributed by atoms with Gasteiger partial charge in [0.25, 0.3) is 0 Å². The number of anilines is 2. The van der Waals surface area contributed by atoms with E-state index < -0.39 is 23.3 Å². The number of carbonyl (C=O) groups excluding carboxylic acids is 1. The predicted octanol–water partition coefficient (Wildman–Crippen LogP) is 6.37. The number of hydrogen-bond acceptors (Lipinski definition) is 10. The van der Waals surface area contributed by atoms with Crippen LogP contribution in [0.3, 0.4) is 0 Å². The second-order valence-electron chi connectivity index (χ2n) is 13.8. The quantitative estimate of drug-likeness (QED) is 0.219. The highest BCUT2D eigenvalue weighted by Gasteiger charge is 2.50. The number of nitriles is 1. The van der Waals surface area contributed by atoms with E-state index >= 15 is 4.39 Å². The molecular formula is C35H31ClF3N9O2S. The predicted molar refractivity (Wildman–Crippen MR) is 187 cm³/mol. The summed E-state index contributed by atoms with van der Waals surface area (Å²) in [6.07, 6.45) is 4.15. The number of alkyl halides is 1. The van der Waals surface area contributed by atoms with Gasteiger partial charge in [-0.3, -0.25) is 9.47 Å². The molecule has 4 aliphatic heterocycles. The topological polar surface area (TPSA) is 129 Å². The van der Waals surface area contributed by atoms with E-state index in [-0.39, 0.29) is 73.4 Å². The van der Waals surface area contributed by atoms with Gasteiger partial charge < -0.3 is 20.3 Å². The highest BCUT2D eigenvalue weighted by Crippen LogP contribution is 2.45. The van der Waals surface area contributed by atoms with E-state index in [4.69, 9.17) is 27.1 Å². The van der Waals surface area contributed by atoms with Crippen molar-refractivity contribution in [3.8, 4) is 23.2 Å². The molecule has 1 amide bonds. The first-order valence-corrected chi connectivity index (χ1v) is 18.0. The molecule has 4 fully saturated rings. The normalized spacial score (nSPS) is 24.5. The number of rotatable bonds is 5. The zero-order valence-electron chi connectivity index (χ0n) is 27.2. The number of benzene rings is 2. The number of aromatic nitrogens is 4. The molecule has 4 atom stereocenters. The fourth-order valence-corrected chi connectivity index (χ4v) is 9.76. The first-order valence-electron chi connectivity index (χ1n) is 16.9. The first-order chi connectivity index (χ1) is 24.6. The molecule has 0 saturated carbocycles. The van der Waals surface area contributed by atoms with Crippen molar-refractivity contribution in [2.24, 2.45) is 0 Å². The highest BCUT2D eigenvalue weighted by atomic mass is 35.5. The van der Waals surface area contributed by atoms with Crippen LogP contribution in [0.2, 0.25) is 5.02 Å². The minimum Gasteiger partial charge on any atom is -0.461 e. The SMILES string of the molecule is N#Cc1cccn1C(=O)N1CC2CCC(C1)N2c1nc(OC[C@@]23CCCN2C[C@H](F)C3)nc2c(F)c(-c3ccc(F)c4sc(N)nc34)c(Cl)cc12. The molecule has 51 heavy (non-hydrogen) atoms. The van der Waals surface area contributed by atoms with Crippen molar-refractivity contribution in [3.05, 3.63) is 58.9 Å². The van der Waals surface area contributed by atoms with Gasteiger partial charge in [0.05, 0.1) is 20.8 Å². The summed E-state index contributed by atoms with van der Waals surface area (Å²) in [5, 5.41) is 10.0. The van der Waals surface area contributed by atoms with Crippen LogP contribution in [0.5, 0.6) is 6.01 Å². The second-order valence-corrected chi connectivity index (χ2v) is 15.3. The molecular weight excluding hydrogens is 703 g/mol. The Hall–Kier alpha value is -4.65. The Morgan fingerprint density at radius 2 is 1.94 bits per heavy atom. The van der Waals surface area contributed by atoms with Crippen molar-refractivity contribution in [2.45, 2.75) is 55.9 Å². The fourth-order valence-electron chi connectivity index (χ4n) is 8.71. The molecule has 16 heteroatoms. The van der Waals surface area contributed by atoms with E-state index in [1.807, 2.05) is 0 Å². The number of hydrogen-bond donors (Lipinski definition) is 1. The Morgan fingerprint density at radius 1 is 1.14 bits per heavy atom. The Bertz CT molecular complexity index is 2280. The van der Waals surface area contributed by atoms with Crippen LogP contribution in [0, 0.1) is 23.0 Å². The number of amides is 1. The maximum atomic E-state index is 17.1. The molecule has 4 saturated heterocycles. The number of nitrogens with zero attached hydrogens (tertiary/aromatic N) is 8.